The summed E-state index contributed by atoms with van der Waals surface area (Å²) >= 11 is 0. The van der Waals surface area contributed by atoms with Gasteiger partial charge in [-0.25, -0.2) is 0 Å². The van der Waals surface area contributed by atoms with Crippen LogP contribution in [0.15, 0.2) is 101 Å². The fraction of sp³-hybridized carbons (Fsp3) is 0.455. The zero-order valence-electron chi connectivity index (χ0n) is 24.7. The molecular weight excluding hydrogens is 560 g/mol. The second kappa shape index (κ2) is 15.7. The molecule has 5 rings (SSSR count). The van der Waals surface area contributed by atoms with Crippen LogP contribution in [0.25, 0.3) is 20.9 Å². The van der Waals surface area contributed by atoms with Gasteiger partial charge < -0.3 is 24.1 Å². The number of benzene rings is 3. The Balaban J connectivity index is 1.38. The molecule has 0 radical (unpaired) electrons. The highest BCUT2D eigenvalue weighted by Gasteiger charge is 2.51. The van der Waals surface area contributed by atoms with Gasteiger partial charge in [-0.2, -0.15) is 0 Å². The maximum atomic E-state index is 11.8. The highest BCUT2D eigenvalue weighted by molar-refractivity contribution is 5.16. The lowest BCUT2D eigenvalue weighted by Crippen LogP contribution is -2.60. The third-order valence-corrected chi connectivity index (χ3v) is 8.43. The third kappa shape index (κ3) is 7.96. The molecule has 44 heavy (non-hydrogen) atoms. The van der Waals surface area contributed by atoms with Crippen molar-refractivity contribution in [2.45, 2.75) is 88.3 Å². The molecule has 2 aliphatic rings. The summed E-state index contributed by atoms with van der Waals surface area (Å²) in [5, 5.41) is 19.8. The van der Waals surface area contributed by atoms with E-state index in [2.05, 4.69) is 20.1 Å². The van der Waals surface area contributed by atoms with Crippen molar-refractivity contribution in [3.63, 3.8) is 0 Å². The van der Waals surface area contributed by atoms with E-state index in [4.69, 9.17) is 18.9 Å². The summed E-state index contributed by atoms with van der Waals surface area (Å²) in [4.78, 5) is 6.07. The van der Waals surface area contributed by atoms with Gasteiger partial charge in [0.1, 0.15) is 6.10 Å². The van der Waals surface area contributed by atoms with Crippen molar-refractivity contribution in [2.24, 2.45) is 16.1 Å². The summed E-state index contributed by atoms with van der Waals surface area (Å²) < 4.78 is 25.7. The first-order valence-electron chi connectivity index (χ1n) is 15.0. The Kier molecular flexibility index (Phi) is 11.2. The van der Waals surface area contributed by atoms with Gasteiger partial charge in [0, 0.05) is 28.2 Å². The van der Waals surface area contributed by atoms with Crippen molar-refractivity contribution < 1.29 is 24.1 Å². The maximum Gasteiger partial charge on any atom is 0.110 e. The molecule has 230 valence electrons. The summed E-state index contributed by atoms with van der Waals surface area (Å²) in [6, 6.07) is 28.0. The quantitative estimate of drug-likeness (QED) is 0.140. The molecule has 11 nitrogen and oxygen atoms in total. The van der Waals surface area contributed by atoms with E-state index in [9.17, 15) is 16.2 Å². The molecule has 3 aromatic carbocycles. The average Bonchev–Trinajstić information content (AvgIpc) is 3.05. The number of hydrogen-bond acceptors (Lipinski definition) is 7. The SMILES string of the molecule is C[C@H]1O[C@H]([C@H]2[C@H](O)[C@@H](OCc3ccccc3)[C@H](N=[N+]=[N-])C[C@@H]2N=[N+]=[N-])C[C@@H](OCc2ccccc2)[C@@H]1OCc1ccccc1. The molecule has 0 bridgehead atoms. The molecule has 1 N–H and O–H groups in total. The maximum absolute atomic E-state index is 11.8. The van der Waals surface area contributed by atoms with Crippen molar-refractivity contribution in [3.8, 4) is 0 Å². The van der Waals surface area contributed by atoms with Crippen molar-refractivity contribution in [1.29, 1.82) is 0 Å². The first-order chi connectivity index (χ1) is 21.6. The van der Waals surface area contributed by atoms with Crippen LogP contribution in [0.1, 0.15) is 36.5 Å². The van der Waals surface area contributed by atoms with Crippen molar-refractivity contribution in [3.05, 3.63) is 129 Å². The van der Waals surface area contributed by atoms with E-state index in [1.807, 2.05) is 97.9 Å². The highest BCUT2D eigenvalue weighted by atomic mass is 16.6. The molecule has 0 unspecified atom stereocenters. The number of aliphatic hydroxyl groups excluding tert-OH is 1. The standard InChI is InChI=1S/C33H38N6O5/c1-22-32(42-20-24-13-7-3-8-14-24)29(41-19-23-11-5-2-6-12-23)18-28(44-22)30-26(36-38-34)17-27(37-39-35)33(31(30)40)43-21-25-15-9-4-10-16-25/h2-16,22,26-33,40H,17-21H2,1H3/t22-,26+,27-,28+,29-,30+,31+,32-,33+/m1/s1. The Morgan fingerprint density at radius 3 is 1.70 bits per heavy atom. The number of aliphatic hydroxyl groups is 1. The number of rotatable bonds is 12. The first-order valence-corrected chi connectivity index (χ1v) is 15.0. The Labute approximate surface area is 257 Å². The van der Waals surface area contributed by atoms with Crippen LogP contribution < -0.4 is 0 Å². The summed E-state index contributed by atoms with van der Waals surface area (Å²) in [5.74, 6) is -0.628. The van der Waals surface area contributed by atoms with Crippen LogP contribution in [0.3, 0.4) is 0 Å². The van der Waals surface area contributed by atoms with Gasteiger partial charge in [-0.1, -0.05) is 101 Å². The van der Waals surface area contributed by atoms with Crippen LogP contribution in [0.4, 0.5) is 0 Å². The van der Waals surface area contributed by atoms with E-state index in [-0.39, 0.29) is 25.2 Å². The van der Waals surface area contributed by atoms with Crippen molar-refractivity contribution in [2.75, 3.05) is 0 Å². The molecule has 0 spiro atoms. The molecule has 3 aromatic rings. The minimum absolute atomic E-state index is 0.215. The molecule has 1 heterocycles. The lowest BCUT2D eigenvalue weighted by molar-refractivity contribution is -0.230. The molecule has 1 saturated carbocycles. The van der Waals surface area contributed by atoms with E-state index in [0.29, 0.717) is 19.6 Å². The van der Waals surface area contributed by atoms with Crippen LogP contribution in [0.5, 0.6) is 0 Å². The van der Waals surface area contributed by atoms with Gasteiger partial charge in [0.15, 0.2) is 0 Å². The van der Waals surface area contributed by atoms with Crippen molar-refractivity contribution in [1.82, 2.24) is 0 Å². The van der Waals surface area contributed by atoms with Crippen LogP contribution in [0, 0.1) is 5.92 Å². The van der Waals surface area contributed by atoms with E-state index in [1.165, 1.54) is 0 Å². The fourth-order valence-corrected chi connectivity index (χ4v) is 6.30. The van der Waals surface area contributed by atoms with Crippen molar-refractivity contribution >= 4 is 0 Å². The molecule has 1 saturated heterocycles. The van der Waals surface area contributed by atoms with Gasteiger partial charge in [0.05, 0.1) is 56.4 Å². The summed E-state index contributed by atoms with van der Waals surface area (Å²) in [6.07, 6.45) is -3.03. The molecule has 0 aromatic heterocycles. The second-order valence-electron chi connectivity index (χ2n) is 11.3. The Bertz CT molecular complexity index is 1400. The van der Waals surface area contributed by atoms with Gasteiger partial charge in [0.2, 0.25) is 0 Å². The second-order valence-corrected chi connectivity index (χ2v) is 11.3. The van der Waals surface area contributed by atoms with Crippen LogP contribution in [-0.4, -0.2) is 53.8 Å². The van der Waals surface area contributed by atoms with Gasteiger partial charge >= 0.3 is 0 Å². The predicted octanol–water partition coefficient (Wildman–Crippen LogP) is 6.66. The number of nitrogens with zero attached hydrogens (tertiary/aromatic N) is 6. The summed E-state index contributed by atoms with van der Waals surface area (Å²) in [6.45, 7) is 2.93. The van der Waals surface area contributed by atoms with Crippen LogP contribution >= 0.6 is 0 Å². The lowest BCUT2D eigenvalue weighted by Gasteiger charge is -2.49. The largest absolute Gasteiger partial charge is 0.390 e. The first kappa shape index (κ1) is 31.5. The van der Waals surface area contributed by atoms with E-state index in [1.54, 1.807) is 0 Å². The van der Waals surface area contributed by atoms with Gasteiger partial charge in [-0.05, 0) is 41.1 Å². The zero-order valence-corrected chi connectivity index (χ0v) is 24.7. The van der Waals surface area contributed by atoms with Gasteiger partial charge in [-0.15, -0.1) is 0 Å². The molecule has 2 fully saturated rings. The van der Waals surface area contributed by atoms with E-state index >= 15 is 0 Å². The lowest BCUT2D eigenvalue weighted by atomic mass is 9.73. The number of azide groups is 2. The number of hydrogen-bond donors (Lipinski definition) is 1. The molecular formula is C33H38N6O5. The summed E-state index contributed by atoms with van der Waals surface area (Å²) in [7, 11) is 0. The minimum atomic E-state index is -1.13. The Morgan fingerprint density at radius 2 is 1.18 bits per heavy atom. The monoisotopic (exact) mass is 598 g/mol. The molecule has 1 aliphatic heterocycles. The molecule has 11 heteroatoms. The molecule has 9 atom stereocenters. The average molecular weight is 599 g/mol. The highest BCUT2D eigenvalue weighted by Crippen LogP contribution is 2.40. The van der Waals surface area contributed by atoms with E-state index < -0.39 is 42.4 Å². The van der Waals surface area contributed by atoms with E-state index in [0.717, 1.165) is 16.7 Å². The molecule has 1 aliphatic carbocycles. The smallest absolute Gasteiger partial charge is 0.110 e. The minimum Gasteiger partial charge on any atom is -0.390 e. The van der Waals surface area contributed by atoms with Crippen LogP contribution in [-0.2, 0) is 38.8 Å². The molecule has 0 amide bonds. The Morgan fingerprint density at radius 1 is 0.705 bits per heavy atom. The Hall–Kier alpha value is -3.92. The fourth-order valence-electron chi connectivity index (χ4n) is 6.30. The zero-order chi connectivity index (χ0) is 30.7. The predicted molar refractivity (Wildman–Crippen MR) is 164 cm³/mol. The third-order valence-electron chi connectivity index (χ3n) is 8.43. The van der Waals surface area contributed by atoms with Gasteiger partial charge in [-0.3, -0.25) is 0 Å². The van der Waals surface area contributed by atoms with Gasteiger partial charge in [0.25, 0.3) is 0 Å². The number of ether oxygens (including phenoxy) is 4. The normalized spacial score (nSPS) is 30.1. The topological polar surface area (TPSA) is 155 Å². The van der Waals surface area contributed by atoms with Crippen LogP contribution in [0.2, 0.25) is 0 Å². The summed E-state index contributed by atoms with van der Waals surface area (Å²) in [5.41, 5.74) is 21.7.